The van der Waals surface area contributed by atoms with E-state index in [1.54, 1.807) is 0 Å². The minimum atomic E-state index is 0.821. The first-order valence-electron chi connectivity index (χ1n) is 4.91. The fourth-order valence-electron chi connectivity index (χ4n) is 1.32. The number of hydrogen-bond acceptors (Lipinski definition) is 2. The van der Waals surface area contributed by atoms with Crippen molar-refractivity contribution in [2.45, 2.75) is 26.7 Å². The second kappa shape index (κ2) is 3.65. The third-order valence-corrected chi connectivity index (χ3v) is 2.24. The Kier molecular flexibility index (Phi) is 2.35. The molecular formula is C10H14N4. The van der Waals surface area contributed by atoms with Gasteiger partial charge in [-0.05, 0) is 12.8 Å². The van der Waals surface area contributed by atoms with Crippen molar-refractivity contribution < 1.29 is 0 Å². The number of aromatic nitrogens is 4. The number of aryl methyl sites for hydroxylation is 2. The summed E-state index contributed by atoms with van der Waals surface area (Å²) in [6.07, 6.45) is 5.63. The number of nitrogens with zero attached hydrogens (tertiary/aromatic N) is 2. The van der Waals surface area contributed by atoms with Gasteiger partial charge in [0.1, 0.15) is 0 Å². The van der Waals surface area contributed by atoms with E-state index in [0.29, 0.717) is 0 Å². The van der Waals surface area contributed by atoms with Gasteiger partial charge in [-0.25, -0.2) is 9.97 Å². The average Bonchev–Trinajstić information content (AvgIpc) is 2.86. The lowest BCUT2D eigenvalue weighted by atomic mass is 10.4. The summed E-state index contributed by atoms with van der Waals surface area (Å²) in [7, 11) is 0. The fraction of sp³-hybridized carbons (Fsp3) is 0.400. The molecule has 2 heterocycles. The first-order chi connectivity index (χ1) is 6.83. The predicted octanol–water partition coefficient (Wildman–Crippen LogP) is 1.92. The molecular weight excluding hydrogens is 176 g/mol. The van der Waals surface area contributed by atoms with Gasteiger partial charge >= 0.3 is 0 Å². The zero-order valence-electron chi connectivity index (χ0n) is 8.46. The van der Waals surface area contributed by atoms with Gasteiger partial charge in [0.05, 0.1) is 0 Å². The number of hydrogen-bond donors (Lipinski definition) is 2. The maximum atomic E-state index is 4.26. The first-order valence-corrected chi connectivity index (χ1v) is 4.91. The van der Waals surface area contributed by atoms with Crippen LogP contribution in [-0.2, 0) is 12.8 Å². The van der Waals surface area contributed by atoms with Crippen molar-refractivity contribution in [1.29, 1.82) is 0 Å². The van der Waals surface area contributed by atoms with Crippen LogP contribution in [0.4, 0.5) is 0 Å². The summed E-state index contributed by atoms with van der Waals surface area (Å²) in [5, 5.41) is 0. The third-order valence-electron chi connectivity index (χ3n) is 2.24. The van der Waals surface area contributed by atoms with E-state index < -0.39 is 0 Å². The second-order valence-electron chi connectivity index (χ2n) is 3.22. The highest BCUT2D eigenvalue weighted by atomic mass is 15.0. The van der Waals surface area contributed by atoms with Gasteiger partial charge in [-0.1, -0.05) is 13.8 Å². The van der Waals surface area contributed by atoms with Gasteiger partial charge in [0.15, 0.2) is 11.6 Å². The van der Waals surface area contributed by atoms with E-state index in [4.69, 9.17) is 0 Å². The zero-order valence-corrected chi connectivity index (χ0v) is 8.46. The van der Waals surface area contributed by atoms with Crippen LogP contribution in [0.5, 0.6) is 0 Å². The summed E-state index contributed by atoms with van der Waals surface area (Å²) >= 11 is 0. The van der Waals surface area contributed by atoms with Crippen LogP contribution in [0.1, 0.15) is 25.2 Å². The van der Waals surface area contributed by atoms with Gasteiger partial charge < -0.3 is 9.97 Å². The molecule has 0 spiro atoms. The first kappa shape index (κ1) is 8.99. The number of rotatable bonds is 3. The highest BCUT2D eigenvalue weighted by Crippen LogP contribution is 2.11. The molecule has 14 heavy (non-hydrogen) atoms. The fourth-order valence-corrected chi connectivity index (χ4v) is 1.32. The molecule has 0 bridgehead atoms. The van der Waals surface area contributed by atoms with Crippen molar-refractivity contribution in [2.24, 2.45) is 0 Å². The number of H-pyrrole nitrogens is 2. The van der Waals surface area contributed by atoms with Crippen LogP contribution in [0, 0.1) is 0 Å². The SMILES string of the molecule is CCc1cnc(-c2ncc(CC)[nH]2)[nH]1. The maximum absolute atomic E-state index is 4.26. The normalized spacial score (nSPS) is 10.7. The van der Waals surface area contributed by atoms with Crippen molar-refractivity contribution in [3.63, 3.8) is 0 Å². The molecule has 4 nitrogen and oxygen atoms in total. The molecule has 0 unspecified atom stereocenters. The third kappa shape index (κ3) is 1.55. The van der Waals surface area contributed by atoms with Crippen molar-refractivity contribution in [3.05, 3.63) is 23.8 Å². The number of imidazole rings is 2. The molecule has 0 aliphatic heterocycles. The molecule has 0 fully saturated rings. The van der Waals surface area contributed by atoms with Crippen LogP contribution in [0.3, 0.4) is 0 Å². The summed E-state index contributed by atoms with van der Waals surface area (Å²) in [6.45, 7) is 4.19. The number of nitrogens with one attached hydrogen (secondary N) is 2. The van der Waals surface area contributed by atoms with E-state index in [9.17, 15) is 0 Å². The molecule has 0 aromatic carbocycles. The molecule has 2 rings (SSSR count). The second-order valence-corrected chi connectivity index (χ2v) is 3.22. The van der Waals surface area contributed by atoms with Crippen molar-refractivity contribution in [2.75, 3.05) is 0 Å². The Labute approximate surface area is 82.8 Å². The molecule has 0 aliphatic carbocycles. The van der Waals surface area contributed by atoms with Crippen LogP contribution < -0.4 is 0 Å². The van der Waals surface area contributed by atoms with Crippen LogP contribution in [0.25, 0.3) is 11.6 Å². The van der Waals surface area contributed by atoms with Gasteiger partial charge in [-0.2, -0.15) is 0 Å². The van der Waals surface area contributed by atoms with Crippen LogP contribution >= 0.6 is 0 Å². The van der Waals surface area contributed by atoms with Gasteiger partial charge in [0.2, 0.25) is 0 Å². The minimum Gasteiger partial charge on any atom is -0.339 e. The summed E-state index contributed by atoms with van der Waals surface area (Å²) in [5.74, 6) is 1.64. The monoisotopic (exact) mass is 190 g/mol. The minimum absolute atomic E-state index is 0.821. The predicted molar refractivity (Wildman–Crippen MR) is 54.9 cm³/mol. The summed E-state index contributed by atoms with van der Waals surface area (Å²) in [4.78, 5) is 14.9. The Morgan fingerprint density at radius 2 is 1.36 bits per heavy atom. The van der Waals surface area contributed by atoms with Crippen molar-refractivity contribution >= 4 is 0 Å². The van der Waals surface area contributed by atoms with Crippen molar-refractivity contribution in [1.82, 2.24) is 19.9 Å². The lowest BCUT2D eigenvalue weighted by Gasteiger charge is -1.90. The summed E-state index contributed by atoms with van der Waals surface area (Å²) < 4.78 is 0. The maximum Gasteiger partial charge on any atom is 0.173 e. The standard InChI is InChI=1S/C10H14N4/c1-3-7-5-11-9(13-7)10-12-6-8(4-2)14-10/h5-6H,3-4H2,1-2H3,(H,11,13)(H,12,14). The highest BCUT2D eigenvalue weighted by Gasteiger charge is 2.05. The molecule has 74 valence electrons. The molecule has 2 N–H and O–H groups in total. The molecule has 0 amide bonds. The van der Waals surface area contributed by atoms with E-state index in [0.717, 1.165) is 35.9 Å². The average molecular weight is 190 g/mol. The van der Waals surface area contributed by atoms with Crippen molar-refractivity contribution in [3.8, 4) is 11.6 Å². The molecule has 0 saturated carbocycles. The van der Waals surface area contributed by atoms with Crippen LogP contribution in [0.2, 0.25) is 0 Å². The smallest absolute Gasteiger partial charge is 0.173 e. The molecule has 0 atom stereocenters. The topological polar surface area (TPSA) is 57.4 Å². The van der Waals surface area contributed by atoms with E-state index in [-0.39, 0.29) is 0 Å². The Morgan fingerprint density at radius 3 is 1.64 bits per heavy atom. The van der Waals surface area contributed by atoms with E-state index in [1.807, 2.05) is 12.4 Å². The summed E-state index contributed by atoms with van der Waals surface area (Å²) in [6, 6.07) is 0. The van der Waals surface area contributed by atoms with E-state index >= 15 is 0 Å². The Hall–Kier alpha value is -1.58. The largest absolute Gasteiger partial charge is 0.339 e. The molecule has 2 aromatic heterocycles. The summed E-state index contributed by atoms with van der Waals surface area (Å²) in [5.41, 5.74) is 2.27. The van der Waals surface area contributed by atoms with Crippen LogP contribution in [-0.4, -0.2) is 19.9 Å². The zero-order chi connectivity index (χ0) is 9.97. The van der Waals surface area contributed by atoms with Crippen LogP contribution in [0.15, 0.2) is 12.4 Å². The van der Waals surface area contributed by atoms with Gasteiger partial charge in [0, 0.05) is 23.8 Å². The lowest BCUT2D eigenvalue weighted by molar-refractivity contribution is 1.05. The van der Waals surface area contributed by atoms with Gasteiger partial charge in [-0.15, -0.1) is 0 Å². The Balaban J connectivity index is 2.29. The Morgan fingerprint density at radius 1 is 0.929 bits per heavy atom. The van der Waals surface area contributed by atoms with Gasteiger partial charge in [0.25, 0.3) is 0 Å². The van der Waals surface area contributed by atoms with E-state index in [2.05, 4.69) is 33.8 Å². The Bertz CT molecular complexity index is 373. The quantitative estimate of drug-likeness (QED) is 0.776. The molecule has 0 saturated heterocycles. The molecule has 2 aromatic rings. The molecule has 0 radical (unpaired) electrons. The van der Waals surface area contributed by atoms with E-state index in [1.165, 1.54) is 0 Å². The number of aromatic amines is 2. The highest BCUT2D eigenvalue weighted by molar-refractivity contribution is 5.44. The van der Waals surface area contributed by atoms with Gasteiger partial charge in [-0.3, -0.25) is 0 Å². The molecule has 0 aliphatic rings. The molecule has 4 heteroatoms. The lowest BCUT2D eigenvalue weighted by Crippen LogP contribution is -1.85.